The van der Waals surface area contributed by atoms with Crippen LogP contribution in [0.25, 0.3) is 0 Å². The first-order valence-electron chi connectivity index (χ1n) is 5.37. The van der Waals surface area contributed by atoms with Crippen LogP contribution in [0.1, 0.15) is 31.4 Å². The number of hydrogen-bond acceptors (Lipinski definition) is 2. The Kier molecular flexibility index (Phi) is 3.75. The highest BCUT2D eigenvalue weighted by molar-refractivity contribution is 5.35. The Balaban J connectivity index is 2.66. The van der Waals surface area contributed by atoms with E-state index in [1.165, 1.54) is 5.56 Å². The molecule has 0 aliphatic carbocycles. The lowest BCUT2D eigenvalue weighted by molar-refractivity contribution is 0.00827. The van der Waals surface area contributed by atoms with Crippen molar-refractivity contribution in [2.45, 2.75) is 39.7 Å². The average Bonchev–Trinajstić information content (AvgIpc) is 2.16. The highest BCUT2D eigenvalue weighted by atomic mass is 16.5. The fraction of sp³-hybridized carbons (Fsp3) is 0.538. The van der Waals surface area contributed by atoms with E-state index in [0.29, 0.717) is 13.0 Å². The monoisotopic (exact) mass is 208 g/mol. The second-order valence-electron chi connectivity index (χ2n) is 4.41. The van der Waals surface area contributed by atoms with E-state index in [1.807, 2.05) is 26.0 Å². The van der Waals surface area contributed by atoms with Crippen LogP contribution in [0.3, 0.4) is 0 Å². The molecule has 0 aliphatic rings. The van der Waals surface area contributed by atoms with Crippen molar-refractivity contribution in [2.75, 3.05) is 6.61 Å². The zero-order valence-corrected chi connectivity index (χ0v) is 10.0. The van der Waals surface area contributed by atoms with Crippen LogP contribution >= 0.6 is 0 Å². The molecule has 0 aromatic heterocycles. The van der Waals surface area contributed by atoms with Gasteiger partial charge in [0.1, 0.15) is 12.4 Å². The molecular weight excluding hydrogens is 188 g/mol. The molecule has 0 fully saturated rings. The first-order chi connectivity index (χ1) is 6.94. The number of aliphatic hydroxyl groups is 1. The standard InChI is InChI=1S/C13H20O2/c1-5-13(4,14)9-15-12-7-6-10(2)8-11(12)3/h6-8,14H,5,9H2,1-4H3. The average molecular weight is 208 g/mol. The molecule has 1 rings (SSSR count). The van der Waals surface area contributed by atoms with Crippen LogP contribution in [-0.4, -0.2) is 17.3 Å². The van der Waals surface area contributed by atoms with Gasteiger partial charge in [0.25, 0.3) is 0 Å². The summed E-state index contributed by atoms with van der Waals surface area (Å²) in [4.78, 5) is 0. The van der Waals surface area contributed by atoms with Crippen molar-refractivity contribution in [1.29, 1.82) is 0 Å². The number of aryl methyl sites for hydroxylation is 2. The lowest BCUT2D eigenvalue weighted by Crippen LogP contribution is -2.31. The summed E-state index contributed by atoms with van der Waals surface area (Å²) in [6.45, 7) is 8.15. The highest BCUT2D eigenvalue weighted by Crippen LogP contribution is 2.20. The van der Waals surface area contributed by atoms with Crippen LogP contribution in [0.4, 0.5) is 0 Å². The molecule has 0 aliphatic heterocycles. The van der Waals surface area contributed by atoms with Crippen molar-refractivity contribution in [1.82, 2.24) is 0 Å². The Morgan fingerprint density at radius 2 is 2.00 bits per heavy atom. The maximum atomic E-state index is 9.80. The summed E-state index contributed by atoms with van der Waals surface area (Å²) in [5, 5.41) is 9.80. The molecule has 1 aromatic rings. The fourth-order valence-electron chi connectivity index (χ4n) is 1.30. The lowest BCUT2D eigenvalue weighted by atomic mass is 10.1. The molecule has 0 amide bonds. The predicted molar refractivity (Wildman–Crippen MR) is 62.3 cm³/mol. The van der Waals surface area contributed by atoms with E-state index in [-0.39, 0.29) is 0 Å². The summed E-state index contributed by atoms with van der Waals surface area (Å²) in [7, 11) is 0. The first-order valence-corrected chi connectivity index (χ1v) is 5.37. The van der Waals surface area contributed by atoms with E-state index in [2.05, 4.69) is 13.0 Å². The predicted octanol–water partition coefficient (Wildman–Crippen LogP) is 2.84. The summed E-state index contributed by atoms with van der Waals surface area (Å²) in [5.74, 6) is 0.856. The maximum Gasteiger partial charge on any atom is 0.122 e. The van der Waals surface area contributed by atoms with Gasteiger partial charge in [0.2, 0.25) is 0 Å². The summed E-state index contributed by atoms with van der Waals surface area (Å²) in [5.41, 5.74) is 1.60. The third-order valence-electron chi connectivity index (χ3n) is 2.63. The van der Waals surface area contributed by atoms with Crippen LogP contribution in [0, 0.1) is 13.8 Å². The largest absolute Gasteiger partial charge is 0.490 e. The molecule has 1 N–H and O–H groups in total. The van der Waals surface area contributed by atoms with Crippen LogP contribution in [-0.2, 0) is 0 Å². The lowest BCUT2D eigenvalue weighted by Gasteiger charge is -2.22. The van der Waals surface area contributed by atoms with Crippen LogP contribution in [0.5, 0.6) is 5.75 Å². The second kappa shape index (κ2) is 4.67. The Labute approximate surface area is 91.9 Å². The number of rotatable bonds is 4. The second-order valence-corrected chi connectivity index (χ2v) is 4.41. The summed E-state index contributed by atoms with van der Waals surface area (Å²) in [6, 6.07) is 6.05. The van der Waals surface area contributed by atoms with Gasteiger partial charge in [-0.05, 0) is 38.8 Å². The summed E-state index contributed by atoms with van der Waals surface area (Å²) >= 11 is 0. The van der Waals surface area contributed by atoms with Crippen LogP contribution in [0.2, 0.25) is 0 Å². The smallest absolute Gasteiger partial charge is 0.122 e. The molecule has 0 saturated carbocycles. The molecule has 0 saturated heterocycles. The molecule has 2 nitrogen and oxygen atoms in total. The van der Waals surface area contributed by atoms with Crippen molar-refractivity contribution >= 4 is 0 Å². The molecule has 84 valence electrons. The SMILES string of the molecule is CCC(C)(O)COc1ccc(C)cc1C. The van der Waals surface area contributed by atoms with Gasteiger partial charge in [-0.25, -0.2) is 0 Å². The number of ether oxygens (including phenoxy) is 1. The van der Waals surface area contributed by atoms with E-state index in [9.17, 15) is 5.11 Å². The molecule has 0 bridgehead atoms. The van der Waals surface area contributed by atoms with Gasteiger partial charge in [-0.1, -0.05) is 24.6 Å². The van der Waals surface area contributed by atoms with E-state index in [1.54, 1.807) is 6.92 Å². The van der Waals surface area contributed by atoms with Crippen molar-refractivity contribution < 1.29 is 9.84 Å². The van der Waals surface area contributed by atoms with Crippen LogP contribution in [0.15, 0.2) is 18.2 Å². The molecule has 1 aromatic carbocycles. The Morgan fingerprint density at radius 3 is 2.53 bits per heavy atom. The van der Waals surface area contributed by atoms with E-state index < -0.39 is 5.60 Å². The molecule has 0 heterocycles. The third-order valence-corrected chi connectivity index (χ3v) is 2.63. The topological polar surface area (TPSA) is 29.5 Å². The minimum Gasteiger partial charge on any atom is -0.490 e. The molecular formula is C13H20O2. The van der Waals surface area contributed by atoms with Gasteiger partial charge in [0.15, 0.2) is 0 Å². The normalized spacial score (nSPS) is 14.7. The van der Waals surface area contributed by atoms with Crippen molar-refractivity contribution in [2.24, 2.45) is 0 Å². The van der Waals surface area contributed by atoms with E-state index in [4.69, 9.17) is 4.74 Å². The van der Waals surface area contributed by atoms with Crippen molar-refractivity contribution in [3.8, 4) is 5.75 Å². The molecule has 2 heteroatoms. The fourth-order valence-corrected chi connectivity index (χ4v) is 1.30. The minimum atomic E-state index is -0.739. The Morgan fingerprint density at radius 1 is 1.33 bits per heavy atom. The zero-order valence-electron chi connectivity index (χ0n) is 10.0. The van der Waals surface area contributed by atoms with Crippen molar-refractivity contribution in [3.63, 3.8) is 0 Å². The molecule has 0 spiro atoms. The summed E-state index contributed by atoms with van der Waals surface area (Å²) < 4.78 is 5.60. The number of hydrogen-bond donors (Lipinski definition) is 1. The molecule has 15 heavy (non-hydrogen) atoms. The third kappa shape index (κ3) is 3.56. The van der Waals surface area contributed by atoms with Gasteiger partial charge in [0.05, 0.1) is 5.60 Å². The zero-order chi connectivity index (χ0) is 11.5. The summed E-state index contributed by atoms with van der Waals surface area (Å²) in [6.07, 6.45) is 0.692. The quantitative estimate of drug-likeness (QED) is 0.824. The van der Waals surface area contributed by atoms with Crippen LogP contribution < -0.4 is 4.74 Å². The Bertz CT molecular complexity index is 329. The van der Waals surface area contributed by atoms with Gasteiger partial charge in [0, 0.05) is 0 Å². The highest BCUT2D eigenvalue weighted by Gasteiger charge is 2.18. The Hall–Kier alpha value is -1.02. The van der Waals surface area contributed by atoms with Gasteiger partial charge in [-0.3, -0.25) is 0 Å². The minimum absolute atomic E-state index is 0.341. The van der Waals surface area contributed by atoms with E-state index >= 15 is 0 Å². The molecule has 0 radical (unpaired) electrons. The maximum absolute atomic E-state index is 9.80. The molecule has 1 unspecified atom stereocenters. The van der Waals surface area contributed by atoms with E-state index in [0.717, 1.165) is 11.3 Å². The first kappa shape index (κ1) is 12.1. The van der Waals surface area contributed by atoms with Crippen molar-refractivity contribution in [3.05, 3.63) is 29.3 Å². The van der Waals surface area contributed by atoms with Gasteiger partial charge in [-0.2, -0.15) is 0 Å². The van der Waals surface area contributed by atoms with Gasteiger partial charge < -0.3 is 9.84 Å². The number of benzene rings is 1. The molecule has 1 atom stereocenters. The van der Waals surface area contributed by atoms with Gasteiger partial charge >= 0.3 is 0 Å². The van der Waals surface area contributed by atoms with Gasteiger partial charge in [-0.15, -0.1) is 0 Å².